The molecule has 0 spiro atoms. The van der Waals surface area contributed by atoms with Crippen molar-refractivity contribution in [2.75, 3.05) is 13.1 Å². The Hall–Kier alpha value is -1.95. The average Bonchev–Trinajstić information content (AvgIpc) is 3.06. The lowest BCUT2D eigenvalue weighted by atomic mass is 9.94. The Labute approximate surface area is 133 Å². The van der Waals surface area contributed by atoms with Crippen LogP contribution in [0, 0.1) is 0 Å². The SMILES string of the molecule is O=C(CCc1cccs1)N1CCC[C@H](c2ccnc(=O)[nH]2)C1. The van der Waals surface area contributed by atoms with Crippen LogP contribution in [0.25, 0.3) is 0 Å². The number of hydrogen-bond donors (Lipinski definition) is 1. The van der Waals surface area contributed by atoms with Crippen LogP contribution in [-0.2, 0) is 11.2 Å². The summed E-state index contributed by atoms with van der Waals surface area (Å²) in [5, 5.41) is 2.04. The van der Waals surface area contributed by atoms with Gasteiger partial charge in [-0.15, -0.1) is 11.3 Å². The maximum absolute atomic E-state index is 12.4. The summed E-state index contributed by atoms with van der Waals surface area (Å²) < 4.78 is 0. The van der Waals surface area contributed by atoms with E-state index < -0.39 is 0 Å². The van der Waals surface area contributed by atoms with Gasteiger partial charge in [0.05, 0.1) is 0 Å². The molecular weight excluding hydrogens is 298 g/mol. The first-order valence-electron chi connectivity index (χ1n) is 7.58. The summed E-state index contributed by atoms with van der Waals surface area (Å²) in [7, 11) is 0. The third kappa shape index (κ3) is 3.62. The highest BCUT2D eigenvalue weighted by molar-refractivity contribution is 7.09. The second kappa shape index (κ2) is 6.87. The second-order valence-electron chi connectivity index (χ2n) is 5.59. The fourth-order valence-electron chi connectivity index (χ4n) is 2.92. The number of rotatable bonds is 4. The number of likely N-dealkylation sites (tertiary alicyclic amines) is 1. The number of aromatic nitrogens is 2. The van der Waals surface area contributed by atoms with Gasteiger partial charge in [0.1, 0.15) is 0 Å². The van der Waals surface area contributed by atoms with Gasteiger partial charge in [-0.2, -0.15) is 0 Å². The van der Waals surface area contributed by atoms with Crippen molar-refractivity contribution in [3.8, 4) is 0 Å². The van der Waals surface area contributed by atoms with Crippen molar-refractivity contribution < 1.29 is 4.79 Å². The Bertz CT molecular complexity index is 681. The molecular formula is C16H19N3O2S. The number of nitrogens with one attached hydrogen (secondary N) is 1. The number of aryl methyl sites for hydroxylation is 1. The van der Waals surface area contributed by atoms with Crippen LogP contribution >= 0.6 is 11.3 Å². The molecule has 0 aliphatic carbocycles. The van der Waals surface area contributed by atoms with Crippen molar-refractivity contribution in [3.63, 3.8) is 0 Å². The number of carbonyl (C=O) groups is 1. The first-order valence-corrected chi connectivity index (χ1v) is 8.46. The van der Waals surface area contributed by atoms with Crippen molar-refractivity contribution >= 4 is 17.2 Å². The summed E-state index contributed by atoms with van der Waals surface area (Å²) in [5.74, 6) is 0.407. The molecule has 0 saturated carbocycles. The van der Waals surface area contributed by atoms with E-state index in [2.05, 4.69) is 16.0 Å². The number of nitrogens with zero attached hydrogens (tertiary/aromatic N) is 2. The maximum Gasteiger partial charge on any atom is 0.345 e. The van der Waals surface area contributed by atoms with E-state index in [0.29, 0.717) is 13.0 Å². The van der Waals surface area contributed by atoms with E-state index in [1.807, 2.05) is 22.4 Å². The highest BCUT2D eigenvalue weighted by Gasteiger charge is 2.25. The van der Waals surface area contributed by atoms with E-state index in [1.54, 1.807) is 11.3 Å². The predicted molar refractivity (Wildman–Crippen MR) is 86.1 cm³/mol. The zero-order valence-electron chi connectivity index (χ0n) is 12.3. The molecule has 22 heavy (non-hydrogen) atoms. The number of amides is 1. The van der Waals surface area contributed by atoms with Crippen molar-refractivity contribution in [2.24, 2.45) is 0 Å². The molecule has 3 rings (SSSR count). The fraction of sp³-hybridized carbons (Fsp3) is 0.438. The van der Waals surface area contributed by atoms with Crippen LogP contribution in [-0.4, -0.2) is 33.9 Å². The molecule has 1 saturated heterocycles. The molecule has 2 aromatic heterocycles. The largest absolute Gasteiger partial charge is 0.345 e. The van der Waals surface area contributed by atoms with Gasteiger partial charge < -0.3 is 9.88 Å². The van der Waals surface area contributed by atoms with Gasteiger partial charge in [-0.05, 0) is 36.8 Å². The molecule has 1 N–H and O–H groups in total. The highest BCUT2D eigenvalue weighted by atomic mass is 32.1. The Kier molecular flexibility index (Phi) is 4.68. The minimum Gasteiger partial charge on any atom is -0.342 e. The highest BCUT2D eigenvalue weighted by Crippen LogP contribution is 2.25. The van der Waals surface area contributed by atoms with Crippen LogP contribution in [0.15, 0.2) is 34.6 Å². The van der Waals surface area contributed by atoms with Crippen LogP contribution in [0.3, 0.4) is 0 Å². The lowest BCUT2D eigenvalue weighted by Gasteiger charge is -2.32. The van der Waals surface area contributed by atoms with Crippen molar-refractivity contribution in [1.29, 1.82) is 0 Å². The number of thiophene rings is 1. The first-order chi connectivity index (χ1) is 10.7. The van der Waals surface area contributed by atoms with Crippen LogP contribution in [0.5, 0.6) is 0 Å². The molecule has 0 radical (unpaired) electrons. The Balaban J connectivity index is 1.60. The smallest absolute Gasteiger partial charge is 0.342 e. The van der Waals surface area contributed by atoms with Gasteiger partial charge in [-0.1, -0.05) is 6.07 Å². The van der Waals surface area contributed by atoms with Crippen LogP contribution in [0.1, 0.15) is 35.8 Å². The quantitative estimate of drug-likeness (QED) is 0.940. The molecule has 5 nitrogen and oxygen atoms in total. The molecule has 0 bridgehead atoms. The normalized spacial score (nSPS) is 18.4. The predicted octanol–water partition coefficient (Wildman–Crippen LogP) is 2.17. The van der Waals surface area contributed by atoms with Crippen molar-refractivity contribution in [3.05, 3.63) is 50.8 Å². The molecule has 1 aliphatic heterocycles. The van der Waals surface area contributed by atoms with Crippen molar-refractivity contribution in [1.82, 2.24) is 14.9 Å². The Morgan fingerprint density at radius 2 is 2.36 bits per heavy atom. The van der Waals surface area contributed by atoms with Gasteiger partial charge in [0.25, 0.3) is 0 Å². The summed E-state index contributed by atoms with van der Waals surface area (Å²) in [4.78, 5) is 33.3. The molecule has 0 unspecified atom stereocenters. The number of piperidine rings is 1. The second-order valence-corrected chi connectivity index (χ2v) is 6.62. The summed E-state index contributed by atoms with van der Waals surface area (Å²) in [6.07, 6.45) is 4.87. The third-order valence-electron chi connectivity index (χ3n) is 4.08. The van der Waals surface area contributed by atoms with E-state index in [1.165, 1.54) is 11.1 Å². The molecule has 6 heteroatoms. The monoisotopic (exact) mass is 317 g/mol. The number of hydrogen-bond acceptors (Lipinski definition) is 4. The van der Waals surface area contributed by atoms with E-state index >= 15 is 0 Å². The molecule has 1 atom stereocenters. The van der Waals surface area contributed by atoms with Crippen LogP contribution in [0.4, 0.5) is 0 Å². The lowest BCUT2D eigenvalue weighted by molar-refractivity contribution is -0.132. The zero-order chi connectivity index (χ0) is 15.4. The molecule has 1 aliphatic rings. The molecule has 2 aromatic rings. The minimum absolute atomic E-state index is 0.203. The van der Waals surface area contributed by atoms with E-state index in [4.69, 9.17) is 0 Å². The van der Waals surface area contributed by atoms with Crippen molar-refractivity contribution in [2.45, 2.75) is 31.6 Å². The van der Waals surface area contributed by atoms with Gasteiger partial charge in [-0.3, -0.25) is 4.79 Å². The topological polar surface area (TPSA) is 66.1 Å². The zero-order valence-corrected chi connectivity index (χ0v) is 13.1. The number of aromatic amines is 1. The standard InChI is InChI=1S/C16H19N3O2S/c20-15(6-5-13-4-2-10-22-13)19-9-1-3-12(11-19)14-7-8-17-16(21)18-14/h2,4,7-8,10,12H,1,3,5-6,9,11H2,(H,17,18,21)/t12-/m0/s1. The van der Waals surface area contributed by atoms with E-state index in [-0.39, 0.29) is 17.5 Å². The van der Waals surface area contributed by atoms with Gasteiger partial charge in [-0.25, -0.2) is 9.78 Å². The lowest BCUT2D eigenvalue weighted by Crippen LogP contribution is -2.39. The van der Waals surface area contributed by atoms with Gasteiger partial charge in [0, 0.05) is 42.2 Å². The summed E-state index contributed by atoms with van der Waals surface area (Å²) in [6.45, 7) is 1.50. The molecule has 3 heterocycles. The Morgan fingerprint density at radius 1 is 1.45 bits per heavy atom. The Morgan fingerprint density at radius 3 is 3.14 bits per heavy atom. The van der Waals surface area contributed by atoms with Gasteiger partial charge in [0.2, 0.25) is 5.91 Å². The molecule has 0 aromatic carbocycles. The van der Waals surface area contributed by atoms with E-state index in [0.717, 1.165) is 31.5 Å². The fourth-order valence-corrected chi connectivity index (χ4v) is 3.63. The third-order valence-corrected chi connectivity index (χ3v) is 5.01. The first kappa shape index (κ1) is 15.0. The van der Waals surface area contributed by atoms with Crippen LogP contribution < -0.4 is 5.69 Å². The molecule has 1 fully saturated rings. The summed E-state index contributed by atoms with van der Waals surface area (Å²) in [5.41, 5.74) is 0.564. The summed E-state index contributed by atoms with van der Waals surface area (Å²) in [6, 6.07) is 5.92. The summed E-state index contributed by atoms with van der Waals surface area (Å²) >= 11 is 1.69. The number of H-pyrrole nitrogens is 1. The molecule has 116 valence electrons. The van der Waals surface area contributed by atoms with Crippen LogP contribution in [0.2, 0.25) is 0 Å². The minimum atomic E-state index is -0.321. The molecule has 1 amide bonds. The number of carbonyl (C=O) groups excluding carboxylic acids is 1. The van der Waals surface area contributed by atoms with Gasteiger partial charge >= 0.3 is 5.69 Å². The van der Waals surface area contributed by atoms with Gasteiger partial charge in [0.15, 0.2) is 0 Å². The maximum atomic E-state index is 12.4. The van der Waals surface area contributed by atoms with E-state index in [9.17, 15) is 9.59 Å². The average molecular weight is 317 g/mol.